The van der Waals surface area contributed by atoms with Crippen molar-refractivity contribution in [2.45, 2.75) is 27.1 Å². The first kappa shape index (κ1) is 23.7. The zero-order valence-electron chi connectivity index (χ0n) is 22.7. The van der Waals surface area contributed by atoms with Gasteiger partial charge in [-0.3, -0.25) is 4.98 Å². The summed E-state index contributed by atoms with van der Waals surface area (Å²) in [5.41, 5.74) is 4.44. The Morgan fingerprint density at radius 1 is 0.865 bits per heavy atom. The van der Waals surface area contributed by atoms with Crippen LogP contribution in [0, 0.1) is 17.5 Å². The van der Waals surface area contributed by atoms with Crippen molar-refractivity contribution in [2.75, 3.05) is 0 Å². The van der Waals surface area contributed by atoms with Gasteiger partial charge in [-0.1, -0.05) is 62.1 Å². The fourth-order valence-corrected chi connectivity index (χ4v) is 3.83. The van der Waals surface area contributed by atoms with Crippen molar-refractivity contribution in [3.05, 3.63) is 109 Å². The van der Waals surface area contributed by atoms with E-state index in [4.69, 9.17) is 7.16 Å². The number of para-hydroxylation sites is 1. The summed E-state index contributed by atoms with van der Waals surface area (Å²) in [6.07, 6.45) is 1.47. The Balaban J connectivity index is 0.000000228. The number of fused-ring (bicyclic) bond motifs is 3. The Morgan fingerprint density at radius 2 is 1.70 bits per heavy atom. The van der Waals surface area contributed by atoms with Gasteiger partial charge in [0.1, 0.15) is 11.9 Å². The van der Waals surface area contributed by atoms with E-state index in [-0.39, 0.29) is 20.1 Å². The molecule has 1 radical (unpaired) electrons. The molecule has 0 saturated heterocycles. The average Bonchev–Trinajstić information content (AvgIpc) is 3.33. The molecule has 37 heavy (non-hydrogen) atoms. The summed E-state index contributed by atoms with van der Waals surface area (Å²) in [5, 5.41) is 9.79. The first-order valence-electron chi connectivity index (χ1n) is 12.7. The van der Waals surface area contributed by atoms with Gasteiger partial charge >= 0.3 is 0 Å². The largest absolute Gasteiger partial charge is 0.501 e. The summed E-state index contributed by atoms with van der Waals surface area (Å²) >= 11 is 0. The van der Waals surface area contributed by atoms with E-state index in [9.17, 15) is 0 Å². The van der Waals surface area contributed by atoms with E-state index in [0.717, 1.165) is 27.6 Å². The van der Waals surface area contributed by atoms with Crippen LogP contribution in [0.15, 0.2) is 95.8 Å². The maximum Gasteiger partial charge on any atom is 0.120 e. The zero-order valence-corrected chi connectivity index (χ0v) is 23.1. The topological polar surface area (TPSA) is 64.7 Å². The SMILES string of the molecule is [2H]C([2H])(c1cc(-c2[c-]ccc3c2oc2ccccc23)ncn1)C(C)(C)C.[Ir].[c-]1ccccc1-c1cccnn1. The van der Waals surface area contributed by atoms with Crippen LogP contribution in [0.3, 0.4) is 0 Å². The van der Waals surface area contributed by atoms with Gasteiger partial charge in [0.05, 0.1) is 5.58 Å². The Labute approximate surface area is 233 Å². The molecular formula is C31H26IrN4O-2. The molecule has 6 heteroatoms. The predicted molar refractivity (Wildman–Crippen MR) is 143 cm³/mol. The number of nitrogens with zero attached hydrogens (tertiary/aromatic N) is 4. The van der Waals surface area contributed by atoms with Gasteiger partial charge in [0, 0.05) is 45.8 Å². The van der Waals surface area contributed by atoms with Gasteiger partial charge in [-0.05, 0) is 29.6 Å². The van der Waals surface area contributed by atoms with Crippen molar-refractivity contribution in [3.8, 4) is 22.5 Å². The predicted octanol–water partition coefficient (Wildman–Crippen LogP) is 7.37. The van der Waals surface area contributed by atoms with Gasteiger partial charge in [-0.2, -0.15) is 5.10 Å². The third kappa shape index (κ3) is 6.34. The first-order chi connectivity index (χ1) is 18.3. The van der Waals surface area contributed by atoms with Crippen LogP contribution in [0.1, 0.15) is 29.2 Å². The van der Waals surface area contributed by atoms with Gasteiger partial charge < -0.3 is 4.42 Å². The summed E-state index contributed by atoms with van der Waals surface area (Å²) in [5.74, 6) is 0. The van der Waals surface area contributed by atoms with Crippen molar-refractivity contribution < 1.29 is 27.3 Å². The van der Waals surface area contributed by atoms with E-state index in [1.54, 1.807) is 12.3 Å². The van der Waals surface area contributed by atoms with E-state index in [1.807, 2.05) is 93.6 Å². The van der Waals surface area contributed by atoms with Crippen LogP contribution >= 0.6 is 0 Å². The number of furan rings is 1. The van der Waals surface area contributed by atoms with Crippen LogP contribution in [-0.2, 0) is 26.5 Å². The fraction of sp³-hybridized carbons (Fsp3) is 0.161. The Bertz CT molecular complexity index is 1650. The molecule has 0 unspecified atom stereocenters. The van der Waals surface area contributed by atoms with Crippen LogP contribution in [0.5, 0.6) is 0 Å². The standard InChI is InChI=1S/C21H19N2O.C10H7N2.Ir/c1-21(2,3)12-14-11-18(23-13-22-14)17-9-6-8-16-15-7-4-5-10-19(15)24-20(16)17;1-2-5-9(6-3-1)10-7-4-8-11-12-10;/h4-8,10-11,13H,12H2,1-3H3;1-5,7-8H;/q2*-1;/i12D2;;. The van der Waals surface area contributed by atoms with Crippen molar-refractivity contribution in [2.24, 2.45) is 5.41 Å². The zero-order chi connectivity index (χ0) is 26.8. The van der Waals surface area contributed by atoms with Gasteiger partial charge in [-0.25, -0.2) is 10.1 Å². The number of hydrogen-bond acceptors (Lipinski definition) is 5. The van der Waals surface area contributed by atoms with Crippen molar-refractivity contribution in [3.63, 3.8) is 0 Å². The Morgan fingerprint density at radius 3 is 2.46 bits per heavy atom. The Kier molecular flexibility index (Phi) is 7.38. The number of benzene rings is 3. The van der Waals surface area contributed by atoms with E-state index in [1.165, 1.54) is 6.33 Å². The summed E-state index contributed by atoms with van der Waals surface area (Å²) in [6, 6.07) is 31.2. The quantitative estimate of drug-likeness (QED) is 0.185. The van der Waals surface area contributed by atoms with E-state index >= 15 is 0 Å². The van der Waals surface area contributed by atoms with Gasteiger partial charge in [0.25, 0.3) is 0 Å². The molecule has 6 aromatic rings. The molecule has 0 saturated carbocycles. The average molecular weight is 665 g/mol. The van der Waals surface area contributed by atoms with Gasteiger partial charge in [0.2, 0.25) is 0 Å². The minimum atomic E-state index is -1.59. The molecule has 3 aromatic heterocycles. The molecule has 0 amide bonds. The first-order valence-corrected chi connectivity index (χ1v) is 11.7. The number of hydrogen-bond donors (Lipinski definition) is 0. The molecular weight excluding hydrogens is 637 g/mol. The maximum atomic E-state index is 8.47. The van der Waals surface area contributed by atoms with Crippen LogP contribution in [0.4, 0.5) is 0 Å². The second kappa shape index (κ2) is 11.5. The van der Waals surface area contributed by atoms with Crippen LogP contribution in [0.2, 0.25) is 0 Å². The van der Waals surface area contributed by atoms with E-state index in [0.29, 0.717) is 22.5 Å². The summed E-state index contributed by atoms with van der Waals surface area (Å²) in [7, 11) is 0. The molecule has 3 heterocycles. The van der Waals surface area contributed by atoms with Crippen LogP contribution < -0.4 is 0 Å². The molecule has 6 rings (SSSR count). The van der Waals surface area contributed by atoms with E-state index in [2.05, 4.69) is 32.3 Å². The number of rotatable bonds is 3. The molecule has 0 spiro atoms. The smallest absolute Gasteiger partial charge is 0.120 e. The molecule has 0 aliphatic carbocycles. The third-order valence-corrected chi connectivity index (χ3v) is 5.32. The minimum Gasteiger partial charge on any atom is -0.501 e. The van der Waals surface area contributed by atoms with Crippen LogP contribution in [-0.4, -0.2) is 20.2 Å². The van der Waals surface area contributed by atoms with Crippen LogP contribution in [0.25, 0.3) is 44.5 Å². The molecule has 0 atom stereocenters. The van der Waals surface area contributed by atoms with Crippen molar-refractivity contribution >= 4 is 21.9 Å². The second-order valence-corrected chi connectivity index (χ2v) is 9.24. The normalized spacial score (nSPS) is 12.2. The molecule has 187 valence electrons. The van der Waals surface area contributed by atoms with Crippen molar-refractivity contribution in [1.29, 1.82) is 0 Å². The molecule has 3 aromatic carbocycles. The van der Waals surface area contributed by atoms with Gasteiger partial charge in [-0.15, -0.1) is 54.1 Å². The summed E-state index contributed by atoms with van der Waals surface area (Å²) in [6.45, 7) is 5.59. The monoisotopic (exact) mass is 665 g/mol. The summed E-state index contributed by atoms with van der Waals surface area (Å²) in [4.78, 5) is 8.55. The molecule has 0 aliphatic rings. The second-order valence-electron chi connectivity index (χ2n) is 9.24. The fourth-order valence-electron chi connectivity index (χ4n) is 3.83. The molecule has 5 nitrogen and oxygen atoms in total. The third-order valence-electron chi connectivity index (χ3n) is 5.32. The molecule has 0 aliphatic heterocycles. The maximum absolute atomic E-state index is 8.47. The van der Waals surface area contributed by atoms with Crippen molar-refractivity contribution in [1.82, 2.24) is 20.2 Å². The molecule has 0 fully saturated rings. The molecule has 0 N–H and O–H groups in total. The van der Waals surface area contributed by atoms with E-state index < -0.39 is 11.8 Å². The number of aromatic nitrogens is 4. The minimum absolute atomic E-state index is 0. The molecule has 0 bridgehead atoms. The Hall–Kier alpha value is -3.73. The van der Waals surface area contributed by atoms with Gasteiger partial charge in [0.15, 0.2) is 0 Å². The summed E-state index contributed by atoms with van der Waals surface area (Å²) < 4.78 is 23.0.